The lowest BCUT2D eigenvalue weighted by Gasteiger charge is -2.17. The van der Waals surface area contributed by atoms with Crippen LogP contribution in [0.2, 0.25) is 0 Å². The van der Waals surface area contributed by atoms with Crippen LogP contribution in [0.1, 0.15) is 18.2 Å². The fourth-order valence-corrected chi connectivity index (χ4v) is 3.22. The lowest BCUT2D eigenvalue weighted by atomic mass is 10.1. The third-order valence-corrected chi connectivity index (χ3v) is 4.44. The van der Waals surface area contributed by atoms with Gasteiger partial charge in [-0.2, -0.15) is 0 Å². The van der Waals surface area contributed by atoms with Gasteiger partial charge < -0.3 is 19.8 Å². The summed E-state index contributed by atoms with van der Waals surface area (Å²) in [6, 6.07) is 8.36. The van der Waals surface area contributed by atoms with Crippen LogP contribution in [0.5, 0.6) is 0 Å². The van der Waals surface area contributed by atoms with Crippen LogP contribution < -0.4 is 5.73 Å². The highest BCUT2D eigenvalue weighted by atomic mass is 32.1. The molecule has 3 atom stereocenters. The molecule has 1 aromatic heterocycles. The quantitative estimate of drug-likeness (QED) is 0.886. The van der Waals surface area contributed by atoms with Gasteiger partial charge in [-0.1, -0.05) is 36.0 Å². The Kier molecular flexibility index (Phi) is 4.08. The van der Waals surface area contributed by atoms with Crippen molar-refractivity contribution >= 4 is 23.0 Å². The Hall–Kier alpha value is -1.27. The zero-order valence-corrected chi connectivity index (χ0v) is 13.1. The van der Waals surface area contributed by atoms with E-state index in [2.05, 4.69) is 31.2 Å². The number of rotatable bonds is 3. The summed E-state index contributed by atoms with van der Waals surface area (Å²) in [6.45, 7) is 2.59. The fraction of sp³-hybridized carbons (Fsp3) is 0.438. The van der Waals surface area contributed by atoms with Gasteiger partial charge in [-0.3, -0.25) is 0 Å². The highest BCUT2D eigenvalue weighted by Crippen LogP contribution is 2.30. The van der Waals surface area contributed by atoms with Gasteiger partial charge in [-0.15, -0.1) is 0 Å². The average molecular weight is 304 g/mol. The minimum atomic E-state index is -0.113. The van der Waals surface area contributed by atoms with Gasteiger partial charge >= 0.3 is 0 Å². The maximum atomic E-state index is 6.12. The number of pyridine rings is 1. The number of hydrogen-bond donors (Lipinski definition) is 1. The zero-order valence-electron chi connectivity index (χ0n) is 12.3. The topological polar surface area (TPSA) is 49.4 Å². The molecule has 1 aliphatic heterocycles. The van der Waals surface area contributed by atoms with E-state index in [0.29, 0.717) is 6.61 Å². The van der Waals surface area contributed by atoms with E-state index in [-0.39, 0.29) is 18.4 Å². The predicted octanol–water partition coefficient (Wildman–Crippen LogP) is 2.94. The van der Waals surface area contributed by atoms with Crippen molar-refractivity contribution in [1.82, 2.24) is 4.57 Å². The Labute approximate surface area is 129 Å². The highest BCUT2D eigenvalue weighted by Gasteiger charge is 2.33. The number of benzene rings is 1. The van der Waals surface area contributed by atoms with Crippen molar-refractivity contribution in [3.63, 3.8) is 0 Å². The van der Waals surface area contributed by atoms with Crippen LogP contribution >= 0.6 is 12.2 Å². The summed E-state index contributed by atoms with van der Waals surface area (Å²) in [4.78, 5) is 0. The van der Waals surface area contributed by atoms with Crippen LogP contribution in [0.25, 0.3) is 10.8 Å². The fourth-order valence-electron chi connectivity index (χ4n) is 2.86. The average Bonchev–Trinajstić information content (AvgIpc) is 2.80. The first kappa shape index (κ1) is 14.7. The van der Waals surface area contributed by atoms with Gasteiger partial charge in [-0.25, -0.2) is 0 Å². The molecule has 2 aromatic rings. The second kappa shape index (κ2) is 5.85. The van der Waals surface area contributed by atoms with Crippen molar-refractivity contribution in [3.05, 3.63) is 40.7 Å². The van der Waals surface area contributed by atoms with Gasteiger partial charge in [-0.05, 0) is 18.4 Å². The summed E-state index contributed by atoms with van der Waals surface area (Å²) in [5, 5.41) is 2.23. The van der Waals surface area contributed by atoms with Gasteiger partial charge in [0.05, 0.1) is 12.7 Å². The molecular weight excluding hydrogens is 284 g/mol. The molecule has 1 fully saturated rings. The summed E-state index contributed by atoms with van der Waals surface area (Å²) >= 11 is 5.63. The van der Waals surface area contributed by atoms with Crippen molar-refractivity contribution in [2.45, 2.75) is 31.7 Å². The standard InChI is InChI=1S/C16H20N2O2S/c1-10-3-4-12-11(7-10)5-6-18(16(12)21)15-8-13(17)14(20-15)9-19-2/h3-7,13-15H,8-9,17H2,1-2H3/t13-,14?,15-/m1/s1. The Balaban J connectivity index is 1.97. The zero-order chi connectivity index (χ0) is 15.0. The molecular formula is C16H20N2O2S. The van der Waals surface area contributed by atoms with Crippen molar-refractivity contribution in [1.29, 1.82) is 0 Å². The highest BCUT2D eigenvalue weighted by molar-refractivity contribution is 7.71. The number of hydrogen-bond acceptors (Lipinski definition) is 4. The molecule has 2 heterocycles. The molecule has 4 nitrogen and oxygen atoms in total. The molecule has 5 heteroatoms. The van der Waals surface area contributed by atoms with E-state index < -0.39 is 0 Å². The van der Waals surface area contributed by atoms with E-state index in [1.165, 1.54) is 5.56 Å². The maximum absolute atomic E-state index is 6.12. The van der Waals surface area contributed by atoms with Crippen LogP contribution in [-0.2, 0) is 9.47 Å². The van der Waals surface area contributed by atoms with Crippen LogP contribution in [-0.4, -0.2) is 30.4 Å². The normalized spacial score (nSPS) is 25.6. The second-order valence-electron chi connectivity index (χ2n) is 5.60. The SMILES string of the molecule is COCC1O[C@@H](n2ccc3cc(C)ccc3c2=S)C[C@H]1N. The smallest absolute Gasteiger partial charge is 0.136 e. The molecule has 112 valence electrons. The van der Waals surface area contributed by atoms with Crippen LogP contribution in [0.3, 0.4) is 0 Å². The summed E-state index contributed by atoms with van der Waals surface area (Å²) < 4.78 is 14.0. The van der Waals surface area contributed by atoms with Gasteiger partial charge in [0.2, 0.25) is 0 Å². The first-order chi connectivity index (χ1) is 10.1. The molecule has 1 unspecified atom stereocenters. The van der Waals surface area contributed by atoms with E-state index >= 15 is 0 Å². The molecule has 3 rings (SSSR count). The number of aromatic nitrogens is 1. The lowest BCUT2D eigenvalue weighted by molar-refractivity contribution is -0.0347. The van der Waals surface area contributed by atoms with E-state index in [9.17, 15) is 0 Å². The predicted molar refractivity (Wildman–Crippen MR) is 85.9 cm³/mol. The molecule has 1 saturated heterocycles. The monoisotopic (exact) mass is 304 g/mol. The molecule has 0 spiro atoms. The number of aryl methyl sites for hydroxylation is 1. The van der Waals surface area contributed by atoms with Gasteiger partial charge in [0.15, 0.2) is 0 Å². The molecule has 0 radical (unpaired) electrons. The molecule has 1 aromatic carbocycles. The van der Waals surface area contributed by atoms with Crippen molar-refractivity contribution in [2.75, 3.05) is 13.7 Å². The Bertz CT molecular complexity index is 713. The molecule has 0 saturated carbocycles. The summed E-state index contributed by atoms with van der Waals surface area (Å²) in [5.41, 5.74) is 7.35. The van der Waals surface area contributed by atoms with Crippen LogP contribution in [0.15, 0.2) is 30.5 Å². The Morgan fingerprint density at radius 3 is 3.00 bits per heavy atom. The third kappa shape index (κ3) is 2.74. The Morgan fingerprint density at radius 1 is 1.43 bits per heavy atom. The van der Waals surface area contributed by atoms with E-state index in [1.807, 2.05) is 10.8 Å². The lowest BCUT2D eigenvalue weighted by Crippen LogP contribution is -2.33. The molecule has 0 aliphatic carbocycles. The van der Waals surface area contributed by atoms with Gasteiger partial charge in [0.1, 0.15) is 10.9 Å². The minimum absolute atomic E-state index is 0.0226. The summed E-state index contributed by atoms with van der Waals surface area (Å²) in [7, 11) is 1.66. The number of nitrogens with zero attached hydrogens (tertiary/aromatic N) is 1. The van der Waals surface area contributed by atoms with E-state index in [1.54, 1.807) is 7.11 Å². The van der Waals surface area contributed by atoms with Crippen LogP contribution in [0, 0.1) is 11.6 Å². The molecule has 0 amide bonds. The van der Waals surface area contributed by atoms with E-state index in [0.717, 1.165) is 21.8 Å². The van der Waals surface area contributed by atoms with E-state index in [4.69, 9.17) is 27.4 Å². The number of fused-ring (bicyclic) bond motifs is 1. The van der Waals surface area contributed by atoms with Crippen molar-refractivity contribution in [2.24, 2.45) is 5.73 Å². The maximum Gasteiger partial charge on any atom is 0.136 e. The molecule has 2 N–H and O–H groups in total. The number of methoxy groups -OCH3 is 1. The van der Waals surface area contributed by atoms with Gasteiger partial charge in [0.25, 0.3) is 0 Å². The first-order valence-corrected chi connectivity index (χ1v) is 7.52. The molecule has 21 heavy (non-hydrogen) atoms. The van der Waals surface area contributed by atoms with Crippen molar-refractivity contribution < 1.29 is 9.47 Å². The Morgan fingerprint density at radius 2 is 2.24 bits per heavy atom. The number of ether oxygens (including phenoxy) is 2. The molecule has 0 bridgehead atoms. The summed E-state index contributed by atoms with van der Waals surface area (Å²) in [6.07, 6.45) is 2.56. The largest absolute Gasteiger partial charge is 0.382 e. The second-order valence-corrected chi connectivity index (χ2v) is 5.99. The molecule has 1 aliphatic rings. The van der Waals surface area contributed by atoms with Crippen LogP contribution in [0.4, 0.5) is 0 Å². The number of nitrogens with two attached hydrogens (primary N) is 1. The third-order valence-electron chi connectivity index (χ3n) is 4.01. The van der Waals surface area contributed by atoms with Gasteiger partial charge in [0, 0.05) is 31.2 Å². The first-order valence-electron chi connectivity index (χ1n) is 7.11. The minimum Gasteiger partial charge on any atom is -0.382 e. The van der Waals surface area contributed by atoms with Crippen molar-refractivity contribution in [3.8, 4) is 0 Å². The summed E-state index contributed by atoms with van der Waals surface area (Å²) in [5.74, 6) is 0.